The first-order valence-corrected chi connectivity index (χ1v) is 9.28. The molecule has 0 radical (unpaired) electrons. The van der Waals surface area contributed by atoms with Gasteiger partial charge in [-0.25, -0.2) is 4.79 Å². The van der Waals surface area contributed by atoms with Crippen LogP contribution < -0.4 is 0 Å². The summed E-state index contributed by atoms with van der Waals surface area (Å²) < 4.78 is 85.5. The van der Waals surface area contributed by atoms with Crippen molar-refractivity contribution in [3.63, 3.8) is 0 Å². The van der Waals surface area contributed by atoms with Gasteiger partial charge in [-0.05, 0) is 68.1 Å². The van der Waals surface area contributed by atoms with Crippen molar-refractivity contribution in [2.24, 2.45) is 22.7 Å². The van der Waals surface area contributed by atoms with Crippen LogP contribution >= 0.6 is 0 Å². The van der Waals surface area contributed by atoms with Gasteiger partial charge in [-0.3, -0.25) is 0 Å². The molecule has 3 aliphatic carbocycles. The van der Waals surface area contributed by atoms with Crippen molar-refractivity contribution < 1.29 is 41.0 Å². The minimum absolute atomic E-state index is 0.00480. The Morgan fingerprint density at radius 3 is 2.21 bits per heavy atom. The van der Waals surface area contributed by atoms with Gasteiger partial charge in [0, 0.05) is 5.57 Å². The third-order valence-corrected chi connectivity index (χ3v) is 6.85. The highest BCUT2D eigenvalue weighted by Gasteiger charge is 2.77. The van der Waals surface area contributed by atoms with Gasteiger partial charge in [-0.2, -0.15) is 26.3 Å². The van der Waals surface area contributed by atoms with Crippen LogP contribution in [0.4, 0.5) is 26.3 Å². The summed E-state index contributed by atoms with van der Waals surface area (Å²) in [5.41, 5.74) is -6.28. The lowest BCUT2D eigenvalue weighted by Crippen LogP contribution is -2.66. The summed E-state index contributed by atoms with van der Waals surface area (Å²) >= 11 is 0. The molecule has 0 aliphatic heterocycles. The summed E-state index contributed by atoms with van der Waals surface area (Å²) in [4.78, 5) is 11.9. The van der Waals surface area contributed by atoms with E-state index in [0.29, 0.717) is 25.2 Å². The quantitative estimate of drug-likeness (QED) is 0.394. The van der Waals surface area contributed by atoms with Gasteiger partial charge < -0.3 is 9.84 Å². The Balaban J connectivity index is 1.98. The molecule has 0 aromatic carbocycles. The van der Waals surface area contributed by atoms with Crippen LogP contribution in [0.1, 0.15) is 52.4 Å². The van der Waals surface area contributed by atoms with E-state index in [1.807, 2.05) is 6.92 Å². The molecule has 2 bridgehead atoms. The summed E-state index contributed by atoms with van der Waals surface area (Å²) in [7, 11) is 0. The zero-order valence-electron chi connectivity index (χ0n) is 15.7. The van der Waals surface area contributed by atoms with Crippen molar-refractivity contribution in [3.05, 3.63) is 12.2 Å². The maximum atomic E-state index is 13.5. The second-order valence-electron chi connectivity index (χ2n) is 9.30. The van der Waals surface area contributed by atoms with Crippen molar-refractivity contribution in [3.8, 4) is 0 Å². The molecule has 3 saturated carbocycles. The van der Waals surface area contributed by atoms with Gasteiger partial charge >= 0.3 is 18.3 Å². The van der Waals surface area contributed by atoms with Gasteiger partial charge in [0.2, 0.25) is 0 Å². The van der Waals surface area contributed by atoms with Crippen molar-refractivity contribution in [2.75, 3.05) is 0 Å². The maximum absolute atomic E-state index is 13.5. The minimum Gasteiger partial charge on any atom is -0.455 e. The molecule has 3 fully saturated rings. The van der Waals surface area contributed by atoms with Crippen molar-refractivity contribution >= 4 is 5.97 Å². The van der Waals surface area contributed by atoms with Crippen LogP contribution in [0.5, 0.6) is 0 Å². The molecule has 28 heavy (non-hydrogen) atoms. The second kappa shape index (κ2) is 6.12. The number of halogens is 6. The molecule has 0 aromatic heterocycles. The normalized spacial score (nSPS) is 35.9. The molecular formula is C19H24F6O3. The topological polar surface area (TPSA) is 46.5 Å². The fourth-order valence-electron chi connectivity index (χ4n) is 5.92. The van der Waals surface area contributed by atoms with E-state index in [0.717, 1.165) is 19.8 Å². The van der Waals surface area contributed by atoms with E-state index in [1.54, 1.807) is 0 Å². The predicted molar refractivity (Wildman–Crippen MR) is 87.0 cm³/mol. The van der Waals surface area contributed by atoms with Crippen LogP contribution in [-0.2, 0) is 9.53 Å². The lowest BCUT2D eigenvalue weighted by Gasteiger charge is -2.45. The number of carbonyl (C=O) groups excluding carboxylic acids is 1. The minimum atomic E-state index is -6.05. The highest BCUT2D eigenvalue weighted by molar-refractivity contribution is 5.87. The highest BCUT2D eigenvalue weighted by Crippen LogP contribution is 2.77. The summed E-state index contributed by atoms with van der Waals surface area (Å²) in [5.74, 6) is -0.932. The molecule has 0 aromatic rings. The number of hydrogen-bond donors (Lipinski definition) is 1. The number of esters is 1. The van der Waals surface area contributed by atoms with Crippen LogP contribution in [0.15, 0.2) is 12.2 Å². The Hall–Kier alpha value is -1.25. The van der Waals surface area contributed by atoms with Gasteiger partial charge in [-0.15, -0.1) is 0 Å². The summed E-state index contributed by atoms with van der Waals surface area (Å²) in [6.07, 6.45) is -12.2. The molecule has 9 heteroatoms. The maximum Gasteiger partial charge on any atom is 0.430 e. The number of ether oxygens (including phenoxy) is 1. The molecule has 3 aliphatic rings. The fourth-order valence-corrected chi connectivity index (χ4v) is 5.92. The van der Waals surface area contributed by atoms with E-state index >= 15 is 0 Å². The molecule has 1 N–H and O–H groups in total. The average molecular weight is 414 g/mol. The second-order valence-corrected chi connectivity index (χ2v) is 9.30. The monoisotopic (exact) mass is 414 g/mol. The van der Waals surface area contributed by atoms with E-state index in [4.69, 9.17) is 0 Å². The zero-order chi connectivity index (χ0) is 21.3. The number of aliphatic hydroxyl groups is 1. The zero-order valence-corrected chi connectivity index (χ0v) is 15.7. The van der Waals surface area contributed by atoms with Crippen LogP contribution in [0.2, 0.25) is 0 Å². The van der Waals surface area contributed by atoms with E-state index in [-0.39, 0.29) is 16.9 Å². The van der Waals surface area contributed by atoms with Gasteiger partial charge in [-0.1, -0.05) is 13.5 Å². The van der Waals surface area contributed by atoms with Crippen LogP contribution in [-0.4, -0.2) is 35.1 Å². The van der Waals surface area contributed by atoms with E-state index in [2.05, 4.69) is 11.3 Å². The van der Waals surface area contributed by atoms with Crippen LogP contribution in [0, 0.1) is 22.7 Å². The van der Waals surface area contributed by atoms with E-state index < -0.39 is 41.9 Å². The third-order valence-electron chi connectivity index (χ3n) is 6.85. The van der Waals surface area contributed by atoms with Gasteiger partial charge in [0.05, 0.1) is 0 Å². The van der Waals surface area contributed by atoms with Crippen LogP contribution in [0.3, 0.4) is 0 Å². The fraction of sp³-hybridized carbons (Fsp3) is 0.842. The highest BCUT2D eigenvalue weighted by atomic mass is 19.4. The van der Waals surface area contributed by atoms with E-state index in [1.165, 1.54) is 0 Å². The Kier molecular flexibility index (Phi) is 4.69. The summed E-state index contributed by atoms with van der Waals surface area (Å²) in [6, 6.07) is 0. The molecular weight excluding hydrogens is 390 g/mol. The summed E-state index contributed by atoms with van der Waals surface area (Å²) in [6.45, 7) is 6.28. The smallest absolute Gasteiger partial charge is 0.430 e. The first-order chi connectivity index (χ1) is 12.6. The lowest BCUT2D eigenvalue weighted by molar-refractivity contribution is -0.393. The first-order valence-electron chi connectivity index (χ1n) is 9.28. The van der Waals surface area contributed by atoms with Gasteiger partial charge in [0.1, 0.15) is 6.10 Å². The van der Waals surface area contributed by atoms with Gasteiger partial charge in [0.25, 0.3) is 5.60 Å². The number of alkyl halides is 6. The Morgan fingerprint density at radius 2 is 1.71 bits per heavy atom. The number of rotatable bonds is 5. The van der Waals surface area contributed by atoms with Gasteiger partial charge in [0.15, 0.2) is 0 Å². The Morgan fingerprint density at radius 1 is 1.14 bits per heavy atom. The van der Waals surface area contributed by atoms with Crippen molar-refractivity contribution in [2.45, 2.75) is 76.4 Å². The molecule has 160 valence electrons. The molecule has 3 rings (SSSR count). The van der Waals surface area contributed by atoms with Crippen LogP contribution in [0.25, 0.3) is 0 Å². The molecule has 1 spiro atoms. The number of fused-ring (bicyclic) bond motifs is 1. The number of carbonyl (C=O) groups is 1. The Labute approximate surface area is 159 Å². The van der Waals surface area contributed by atoms with Crippen molar-refractivity contribution in [1.82, 2.24) is 0 Å². The Bertz CT molecular complexity index is 666. The molecule has 5 unspecified atom stereocenters. The predicted octanol–water partition coefficient (Wildman–Crippen LogP) is 4.94. The number of hydrogen-bond acceptors (Lipinski definition) is 3. The lowest BCUT2D eigenvalue weighted by atomic mass is 9.64. The van der Waals surface area contributed by atoms with Crippen molar-refractivity contribution in [1.29, 1.82) is 0 Å². The van der Waals surface area contributed by atoms with E-state index in [9.17, 15) is 36.2 Å². The molecule has 3 nitrogen and oxygen atoms in total. The largest absolute Gasteiger partial charge is 0.455 e. The SMILES string of the molecule is C=C(C)C(=O)OC(CC12CC(C)CC3(CC3C1)C2)C(O)(C(F)(F)F)C(F)(F)F. The molecule has 0 saturated heterocycles. The molecule has 0 heterocycles. The standard InChI is InChI=1S/C19H24F6O3/c1-10(2)14(26)28-13(17(27,18(20,21)22)19(23,24)25)8-15-4-11(3)5-16(9-15)7-12(16)6-15/h11-13,27H,1,4-9H2,2-3H3. The molecule has 0 amide bonds. The third kappa shape index (κ3) is 3.23. The summed E-state index contributed by atoms with van der Waals surface area (Å²) in [5, 5.41) is 9.91. The molecule has 5 atom stereocenters. The first kappa shape index (κ1) is 21.5. The average Bonchev–Trinajstić information content (AvgIpc) is 3.04.